The number of anilines is 1. The molecule has 1 fully saturated rings. The van der Waals surface area contributed by atoms with E-state index >= 15 is 0 Å². The van der Waals surface area contributed by atoms with Gasteiger partial charge in [-0.25, -0.2) is 4.79 Å². The lowest BCUT2D eigenvalue weighted by Crippen LogP contribution is -2.43. The van der Waals surface area contributed by atoms with Crippen molar-refractivity contribution >= 4 is 11.7 Å². The van der Waals surface area contributed by atoms with Crippen molar-refractivity contribution in [1.29, 1.82) is 0 Å². The zero-order chi connectivity index (χ0) is 17.7. The second kappa shape index (κ2) is 7.53. The summed E-state index contributed by atoms with van der Waals surface area (Å²) in [6.07, 6.45) is -9.33. The summed E-state index contributed by atoms with van der Waals surface area (Å²) in [5.74, 6) is -2.76. The summed E-state index contributed by atoms with van der Waals surface area (Å²) >= 11 is 0. The third-order valence-corrected chi connectivity index (χ3v) is 2.92. The molecule has 0 unspecified atom stereocenters. The van der Waals surface area contributed by atoms with E-state index in [2.05, 4.69) is 10.2 Å². The van der Waals surface area contributed by atoms with Crippen molar-refractivity contribution in [3.8, 4) is 0 Å². The molecule has 23 heavy (non-hydrogen) atoms. The Labute approximate surface area is 127 Å². The Hall–Kier alpha value is -1.97. The van der Waals surface area contributed by atoms with Gasteiger partial charge in [0.2, 0.25) is 0 Å². The molecule has 0 spiro atoms. The fourth-order valence-corrected chi connectivity index (χ4v) is 1.78. The number of hydrogen-bond donors (Lipinski definition) is 2. The summed E-state index contributed by atoms with van der Waals surface area (Å²) in [6, 6.07) is 5.34. The standard InChI is InChI=1S/C11H13F3N2.C2HF3O2/c12-11(13,14)9-1-3-10(4-2-9)16-7-5-15-6-8-16;3-2(4,5)1(6)7/h1-4,15H,5-8H2;(H,6,7). The van der Waals surface area contributed by atoms with Gasteiger partial charge in [-0.15, -0.1) is 0 Å². The zero-order valence-corrected chi connectivity index (χ0v) is 11.7. The van der Waals surface area contributed by atoms with E-state index in [-0.39, 0.29) is 0 Å². The van der Waals surface area contributed by atoms with Crippen LogP contribution in [-0.2, 0) is 11.0 Å². The quantitative estimate of drug-likeness (QED) is 0.770. The van der Waals surface area contributed by atoms with Gasteiger partial charge in [-0.3, -0.25) is 0 Å². The Morgan fingerprint density at radius 1 is 1.00 bits per heavy atom. The van der Waals surface area contributed by atoms with Crippen LogP contribution in [0.25, 0.3) is 0 Å². The number of piperazine rings is 1. The van der Waals surface area contributed by atoms with Crippen LogP contribution in [0, 0.1) is 0 Å². The number of rotatable bonds is 1. The minimum Gasteiger partial charge on any atom is -0.475 e. The van der Waals surface area contributed by atoms with E-state index in [0.29, 0.717) is 0 Å². The van der Waals surface area contributed by atoms with Gasteiger partial charge in [-0.2, -0.15) is 26.3 Å². The van der Waals surface area contributed by atoms with Gasteiger partial charge < -0.3 is 15.3 Å². The predicted molar refractivity (Wildman–Crippen MR) is 70.2 cm³/mol. The number of carbonyl (C=O) groups is 1. The molecule has 130 valence electrons. The minimum atomic E-state index is -5.08. The normalized spacial score (nSPS) is 15.7. The topological polar surface area (TPSA) is 52.6 Å². The highest BCUT2D eigenvalue weighted by Gasteiger charge is 2.38. The highest BCUT2D eigenvalue weighted by molar-refractivity contribution is 5.73. The van der Waals surface area contributed by atoms with Crippen LogP contribution in [0.4, 0.5) is 32.0 Å². The Bertz CT molecular complexity index is 507. The van der Waals surface area contributed by atoms with Gasteiger partial charge in [0.1, 0.15) is 0 Å². The van der Waals surface area contributed by atoms with Crippen molar-refractivity contribution in [3.63, 3.8) is 0 Å². The number of hydrogen-bond acceptors (Lipinski definition) is 3. The molecule has 0 aromatic heterocycles. The number of aliphatic carboxylic acids is 1. The molecule has 1 aromatic rings. The Kier molecular flexibility index (Phi) is 6.25. The largest absolute Gasteiger partial charge is 0.490 e. The first-order chi connectivity index (χ1) is 10.5. The fraction of sp³-hybridized carbons (Fsp3) is 0.462. The maximum Gasteiger partial charge on any atom is 0.490 e. The lowest BCUT2D eigenvalue weighted by atomic mass is 10.2. The van der Waals surface area contributed by atoms with E-state index in [1.165, 1.54) is 12.1 Å². The first kappa shape index (κ1) is 19.1. The number of alkyl halides is 6. The number of carboxylic acid groups (broad SMARTS) is 1. The summed E-state index contributed by atoms with van der Waals surface area (Å²) in [5, 5.41) is 10.3. The SMILES string of the molecule is FC(F)(F)c1ccc(N2CCNCC2)cc1.O=C(O)C(F)(F)F. The number of carboxylic acids is 1. The van der Waals surface area contributed by atoms with Crippen LogP contribution in [-0.4, -0.2) is 43.4 Å². The van der Waals surface area contributed by atoms with Crippen LogP contribution in [0.2, 0.25) is 0 Å². The molecule has 4 nitrogen and oxygen atoms in total. The van der Waals surface area contributed by atoms with E-state index < -0.39 is 23.9 Å². The molecule has 0 radical (unpaired) electrons. The molecule has 0 atom stereocenters. The molecule has 0 aliphatic carbocycles. The third-order valence-electron chi connectivity index (χ3n) is 2.92. The third kappa shape index (κ3) is 6.35. The van der Waals surface area contributed by atoms with Gasteiger partial charge in [-0.1, -0.05) is 0 Å². The van der Waals surface area contributed by atoms with Crippen molar-refractivity contribution in [2.24, 2.45) is 0 Å². The van der Waals surface area contributed by atoms with Crippen LogP contribution in [0.1, 0.15) is 5.56 Å². The zero-order valence-electron chi connectivity index (χ0n) is 11.7. The summed E-state index contributed by atoms with van der Waals surface area (Å²) in [6.45, 7) is 3.43. The predicted octanol–water partition coefficient (Wildman–Crippen LogP) is 2.75. The van der Waals surface area contributed by atoms with Crippen LogP contribution >= 0.6 is 0 Å². The summed E-state index contributed by atoms with van der Waals surface area (Å²) in [7, 11) is 0. The molecular weight excluding hydrogens is 330 g/mol. The molecule has 2 rings (SSSR count). The number of nitrogens with zero attached hydrogens (tertiary/aromatic N) is 1. The highest BCUT2D eigenvalue weighted by Crippen LogP contribution is 2.30. The van der Waals surface area contributed by atoms with Crippen LogP contribution in [0.5, 0.6) is 0 Å². The van der Waals surface area contributed by atoms with Gasteiger partial charge in [0.05, 0.1) is 5.56 Å². The first-order valence-electron chi connectivity index (χ1n) is 6.45. The number of nitrogens with one attached hydrogen (secondary N) is 1. The Morgan fingerprint density at radius 2 is 1.43 bits per heavy atom. The fourth-order valence-electron chi connectivity index (χ4n) is 1.78. The smallest absolute Gasteiger partial charge is 0.475 e. The number of halogens is 6. The van der Waals surface area contributed by atoms with E-state index in [1.807, 2.05) is 0 Å². The Balaban J connectivity index is 0.000000322. The second-order valence-corrected chi connectivity index (χ2v) is 4.58. The van der Waals surface area contributed by atoms with Crippen LogP contribution < -0.4 is 10.2 Å². The maximum atomic E-state index is 12.3. The lowest BCUT2D eigenvalue weighted by molar-refractivity contribution is -0.192. The Morgan fingerprint density at radius 3 is 1.78 bits per heavy atom. The average molecular weight is 344 g/mol. The average Bonchev–Trinajstić information content (AvgIpc) is 2.47. The lowest BCUT2D eigenvalue weighted by Gasteiger charge is -2.29. The first-order valence-corrected chi connectivity index (χ1v) is 6.45. The van der Waals surface area contributed by atoms with Crippen LogP contribution in [0.15, 0.2) is 24.3 Å². The minimum absolute atomic E-state index is 0.591. The van der Waals surface area contributed by atoms with E-state index in [9.17, 15) is 26.3 Å². The summed E-state index contributed by atoms with van der Waals surface area (Å²) in [4.78, 5) is 11.0. The summed E-state index contributed by atoms with van der Waals surface area (Å²) < 4.78 is 68.8. The van der Waals surface area contributed by atoms with Crippen LogP contribution in [0.3, 0.4) is 0 Å². The van der Waals surface area contributed by atoms with Gasteiger partial charge in [0, 0.05) is 31.9 Å². The molecule has 0 amide bonds. The van der Waals surface area contributed by atoms with E-state index in [1.54, 1.807) is 0 Å². The van der Waals surface area contributed by atoms with E-state index in [4.69, 9.17) is 9.90 Å². The van der Waals surface area contributed by atoms with Gasteiger partial charge in [0.25, 0.3) is 0 Å². The van der Waals surface area contributed by atoms with Crippen molar-refractivity contribution in [1.82, 2.24) is 5.32 Å². The van der Waals surface area contributed by atoms with Crippen molar-refractivity contribution in [3.05, 3.63) is 29.8 Å². The molecule has 1 aliphatic rings. The van der Waals surface area contributed by atoms with Crippen molar-refractivity contribution < 1.29 is 36.2 Å². The molecule has 1 heterocycles. The van der Waals surface area contributed by atoms with E-state index in [0.717, 1.165) is 44.0 Å². The van der Waals surface area contributed by atoms with Gasteiger partial charge in [-0.05, 0) is 24.3 Å². The molecular formula is C13H14F6N2O2. The summed E-state index contributed by atoms with van der Waals surface area (Å²) in [5.41, 5.74) is 0.265. The second-order valence-electron chi connectivity index (χ2n) is 4.58. The molecule has 1 aromatic carbocycles. The monoisotopic (exact) mass is 344 g/mol. The molecule has 2 N–H and O–H groups in total. The molecule has 10 heteroatoms. The molecule has 0 saturated carbocycles. The molecule has 1 aliphatic heterocycles. The van der Waals surface area contributed by atoms with Gasteiger partial charge >= 0.3 is 18.3 Å². The van der Waals surface area contributed by atoms with Gasteiger partial charge in [0.15, 0.2) is 0 Å². The maximum absolute atomic E-state index is 12.3. The van der Waals surface area contributed by atoms with Crippen molar-refractivity contribution in [2.75, 3.05) is 31.1 Å². The number of benzene rings is 1. The highest BCUT2D eigenvalue weighted by atomic mass is 19.4. The molecule has 1 saturated heterocycles. The molecule has 0 bridgehead atoms. The van der Waals surface area contributed by atoms with Crippen molar-refractivity contribution in [2.45, 2.75) is 12.4 Å².